The molecule has 3 aliphatic carbocycles. The van der Waals surface area contributed by atoms with Crippen LogP contribution in [-0.2, 0) is 19.2 Å². The maximum Gasteiger partial charge on any atom is 0.238 e. The third-order valence-corrected chi connectivity index (χ3v) is 8.44. The summed E-state index contributed by atoms with van der Waals surface area (Å²) >= 11 is 6.02. The molecule has 2 aromatic rings. The SMILES string of the molecule is COc1cc(C2C3=CCC4C(=O)N(c5ccc(Cl)cc5)C(=O)C4C3CC3=C2C(=O)C(C)=CC3=O)ccc1O. The summed E-state index contributed by atoms with van der Waals surface area (Å²) in [6.07, 6.45) is 3.86. The fourth-order valence-corrected chi connectivity index (χ4v) is 6.59. The van der Waals surface area contributed by atoms with E-state index in [-0.39, 0.29) is 41.3 Å². The fourth-order valence-electron chi connectivity index (χ4n) is 6.46. The Morgan fingerprint density at radius 3 is 2.45 bits per heavy atom. The van der Waals surface area contributed by atoms with Gasteiger partial charge in [-0.3, -0.25) is 24.1 Å². The number of phenols is 1. The van der Waals surface area contributed by atoms with Gasteiger partial charge in [0.1, 0.15) is 0 Å². The van der Waals surface area contributed by atoms with E-state index < -0.39 is 23.7 Å². The third kappa shape index (κ3) is 3.49. The minimum atomic E-state index is -0.663. The molecule has 1 saturated heterocycles. The fraction of sp³-hybridized carbons (Fsp3) is 0.267. The Morgan fingerprint density at radius 1 is 1.00 bits per heavy atom. The highest BCUT2D eigenvalue weighted by molar-refractivity contribution is 6.31. The molecular weight excluding hydrogens is 506 g/mol. The van der Waals surface area contributed by atoms with Gasteiger partial charge in [-0.15, -0.1) is 0 Å². The number of ether oxygens (including phenoxy) is 1. The van der Waals surface area contributed by atoms with Crippen LogP contribution in [0.5, 0.6) is 11.5 Å². The predicted octanol–water partition coefficient (Wildman–Crippen LogP) is 4.69. The highest BCUT2D eigenvalue weighted by Gasteiger charge is 2.56. The lowest BCUT2D eigenvalue weighted by Gasteiger charge is -2.42. The number of hydrogen-bond acceptors (Lipinski definition) is 6. The molecule has 1 N–H and O–H groups in total. The summed E-state index contributed by atoms with van der Waals surface area (Å²) in [5.74, 6) is -3.13. The number of amides is 2. The molecule has 7 nitrogen and oxygen atoms in total. The number of halogens is 1. The van der Waals surface area contributed by atoms with Crippen molar-refractivity contribution >= 4 is 40.7 Å². The van der Waals surface area contributed by atoms with E-state index in [1.54, 1.807) is 43.3 Å². The van der Waals surface area contributed by atoms with Gasteiger partial charge in [0.2, 0.25) is 11.8 Å². The molecule has 1 aliphatic heterocycles. The molecule has 2 aromatic carbocycles. The quantitative estimate of drug-likeness (QED) is 0.352. The van der Waals surface area contributed by atoms with Crippen LogP contribution in [0.1, 0.15) is 31.2 Å². The van der Waals surface area contributed by atoms with Gasteiger partial charge in [0.05, 0.1) is 24.6 Å². The number of carbonyl (C=O) groups is 4. The number of fused-ring (bicyclic) bond motifs is 3. The van der Waals surface area contributed by atoms with Gasteiger partial charge in [0, 0.05) is 27.7 Å². The van der Waals surface area contributed by atoms with Crippen LogP contribution in [0.3, 0.4) is 0 Å². The number of methoxy groups -OCH3 is 1. The number of phenolic OH excluding ortho intramolecular Hbond substituents is 1. The first-order valence-electron chi connectivity index (χ1n) is 12.4. The average Bonchev–Trinajstić information content (AvgIpc) is 3.17. The van der Waals surface area contributed by atoms with Gasteiger partial charge >= 0.3 is 0 Å². The summed E-state index contributed by atoms with van der Waals surface area (Å²) in [4.78, 5) is 55.2. The minimum Gasteiger partial charge on any atom is -0.504 e. The zero-order chi connectivity index (χ0) is 26.9. The lowest BCUT2D eigenvalue weighted by Crippen LogP contribution is -2.39. The Morgan fingerprint density at radius 2 is 1.74 bits per heavy atom. The summed E-state index contributed by atoms with van der Waals surface area (Å²) in [6, 6.07) is 11.4. The number of nitrogens with zero attached hydrogens (tertiary/aromatic N) is 1. The molecular formula is C30H24ClNO6. The topological polar surface area (TPSA) is 101 Å². The number of Topliss-reactive ketones (excluding diaryl/α,β-unsaturated/α-hetero) is 1. The van der Waals surface area contributed by atoms with Crippen LogP contribution in [0, 0.1) is 17.8 Å². The zero-order valence-electron chi connectivity index (χ0n) is 20.7. The van der Waals surface area contributed by atoms with Crippen molar-refractivity contribution in [2.24, 2.45) is 17.8 Å². The van der Waals surface area contributed by atoms with Crippen LogP contribution < -0.4 is 9.64 Å². The van der Waals surface area contributed by atoms with E-state index in [1.165, 1.54) is 24.2 Å². The summed E-state index contributed by atoms with van der Waals surface area (Å²) in [7, 11) is 1.44. The lowest BCUT2D eigenvalue weighted by atomic mass is 9.59. The number of ketones is 2. The molecule has 2 amide bonds. The van der Waals surface area contributed by atoms with E-state index >= 15 is 0 Å². The molecule has 1 heterocycles. The average molecular weight is 530 g/mol. The first kappa shape index (κ1) is 24.4. The van der Waals surface area contributed by atoms with Crippen molar-refractivity contribution in [2.45, 2.75) is 25.7 Å². The van der Waals surface area contributed by atoms with Gasteiger partial charge < -0.3 is 9.84 Å². The number of carbonyl (C=O) groups excluding carboxylic acids is 4. The normalized spacial score (nSPS) is 26.6. The van der Waals surface area contributed by atoms with Gasteiger partial charge in [-0.2, -0.15) is 0 Å². The number of aromatic hydroxyl groups is 1. The van der Waals surface area contributed by atoms with E-state index in [0.717, 1.165) is 5.57 Å². The number of benzene rings is 2. The molecule has 0 spiro atoms. The van der Waals surface area contributed by atoms with Gasteiger partial charge in [0.15, 0.2) is 23.1 Å². The van der Waals surface area contributed by atoms with Gasteiger partial charge in [-0.05, 0) is 73.7 Å². The molecule has 8 heteroatoms. The van der Waals surface area contributed by atoms with E-state index in [9.17, 15) is 24.3 Å². The van der Waals surface area contributed by atoms with Crippen molar-refractivity contribution in [3.8, 4) is 11.5 Å². The number of hydrogen-bond donors (Lipinski definition) is 1. The van der Waals surface area contributed by atoms with Crippen molar-refractivity contribution in [3.05, 3.63) is 87.5 Å². The first-order valence-corrected chi connectivity index (χ1v) is 12.8. The number of anilines is 1. The molecule has 0 bridgehead atoms. The smallest absolute Gasteiger partial charge is 0.238 e. The summed E-state index contributed by atoms with van der Waals surface area (Å²) in [6.45, 7) is 1.62. The molecule has 192 valence electrons. The van der Waals surface area contributed by atoms with Crippen molar-refractivity contribution in [1.82, 2.24) is 0 Å². The number of allylic oxidation sites excluding steroid dienone is 6. The predicted molar refractivity (Wildman–Crippen MR) is 140 cm³/mol. The maximum absolute atomic E-state index is 13.8. The van der Waals surface area contributed by atoms with Crippen LogP contribution in [0.25, 0.3) is 0 Å². The Hall–Kier alpha value is -3.97. The lowest BCUT2D eigenvalue weighted by molar-refractivity contribution is -0.123. The van der Waals surface area contributed by atoms with Crippen molar-refractivity contribution in [1.29, 1.82) is 0 Å². The van der Waals surface area contributed by atoms with Crippen LogP contribution in [0.15, 0.2) is 76.9 Å². The Balaban J connectivity index is 1.49. The largest absolute Gasteiger partial charge is 0.504 e. The molecule has 6 rings (SSSR count). The molecule has 0 saturated carbocycles. The Labute approximate surface area is 224 Å². The van der Waals surface area contributed by atoms with E-state index in [2.05, 4.69) is 0 Å². The molecule has 0 radical (unpaired) electrons. The van der Waals surface area contributed by atoms with Crippen LogP contribution in [0.2, 0.25) is 5.02 Å². The Kier molecular flexibility index (Phi) is 5.65. The molecule has 4 unspecified atom stereocenters. The maximum atomic E-state index is 13.8. The highest BCUT2D eigenvalue weighted by Crippen LogP contribution is 2.55. The summed E-state index contributed by atoms with van der Waals surface area (Å²) in [5, 5.41) is 10.7. The second-order valence-corrected chi connectivity index (χ2v) is 10.6. The van der Waals surface area contributed by atoms with E-state index in [0.29, 0.717) is 39.4 Å². The minimum absolute atomic E-state index is 0.0483. The third-order valence-electron chi connectivity index (χ3n) is 8.19. The summed E-state index contributed by atoms with van der Waals surface area (Å²) < 4.78 is 5.33. The first-order chi connectivity index (χ1) is 18.2. The van der Waals surface area contributed by atoms with Crippen molar-refractivity contribution in [3.63, 3.8) is 0 Å². The van der Waals surface area contributed by atoms with Gasteiger partial charge in [0.25, 0.3) is 0 Å². The molecule has 4 aliphatic rings. The summed E-state index contributed by atoms with van der Waals surface area (Å²) in [5.41, 5.74) is 3.11. The van der Waals surface area contributed by atoms with Gasteiger partial charge in [-0.25, -0.2) is 0 Å². The number of imide groups is 1. The number of rotatable bonds is 3. The molecule has 38 heavy (non-hydrogen) atoms. The van der Waals surface area contributed by atoms with E-state index in [4.69, 9.17) is 16.3 Å². The van der Waals surface area contributed by atoms with Crippen LogP contribution >= 0.6 is 11.6 Å². The van der Waals surface area contributed by atoms with Gasteiger partial charge in [-0.1, -0.05) is 29.3 Å². The molecule has 4 atom stereocenters. The second-order valence-electron chi connectivity index (χ2n) is 10.1. The second kappa shape index (κ2) is 8.81. The van der Waals surface area contributed by atoms with Crippen molar-refractivity contribution in [2.75, 3.05) is 12.0 Å². The van der Waals surface area contributed by atoms with E-state index in [1.807, 2.05) is 6.08 Å². The Bertz CT molecular complexity index is 1530. The monoisotopic (exact) mass is 529 g/mol. The molecule has 0 aromatic heterocycles. The van der Waals surface area contributed by atoms with Crippen molar-refractivity contribution < 1.29 is 29.0 Å². The standard InChI is InChI=1S/C30H24ClNO6/c1-14-11-23(34)21-13-20-18(25(27(21)28(14)35)15-3-10-22(33)24(12-15)38-2)8-9-19-26(20)30(37)32(29(19)36)17-6-4-16(31)5-7-17/h3-8,10-12,19-20,25-26,33H,9,13H2,1-2H3. The highest BCUT2D eigenvalue weighted by atomic mass is 35.5. The zero-order valence-corrected chi connectivity index (χ0v) is 21.5. The molecule has 1 fully saturated rings. The van der Waals surface area contributed by atoms with Crippen LogP contribution in [-0.4, -0.2) is 35.6 Å². The van der Waals surface area contributed by atoms with Crippen LogP contribution in [0.4, 0.5) is 5.69 Å².